The highest BCUT2D eigenvalue weighted by Gasteiger charge is 2.42. The quantitative estimate of drug-likeness (QED) is 0.463. The average molecular weight is 444 g/mol. The van der Waals surface area contributed by atoms with Crippen LogP contribution in [0, 0.1) is 5.82 Å². The van der Waals surface area contributed by atoms with E-state index in [1.165, 1.54) is 48.9 Å². The lowest BCUT2D eigenvalue weighted by molar-refractivity contribution is -0.143. The SMILES string of the molecule is O=C(Nc1cccc(Oc2cnccn2)c1)c1nnn(-c2cccc(F)c2)c1C(F)(F)F. The molecule has 2 heterocycles. The molecule has 0 radical (unpaired) electrons. The van der Waals surface area contributed by atoms with Crippen LogP contribution in [0.1, 0.15) is 16.2 Å². The number of halogens is 4. The van der Waals surface area contributed by atoms with Crippen LogP contribution in [-0.2, 0) is 6.18 Å². The molecule has 2 aromatic carbocycles. The van der Waals surface area contributed by atoms with E-state index in [1.54, 1.807) is 6.07 Å². The molecule has 0 aliphatic heterocycles. The lowest BCUT2D eigenvalue weighted by Crippen LogP contribution is -2.21. The number of rotatable bonds is 5. The van der Waals surface area contributed by atoms with Crippen LogP contribution in [-0.4, -0.2) is 30.9 Å². The molecule has 4 rings (SSSR count). The van der Waals surface area contributed by atoms with Gasteiger partial charge in [-0.2, -0.15) is 13.2 Å². The highest BCUT2D eigenvalue weighted by molar-refractivity contribution is 6.03. The minimum atomic E-state index is -4.99. The second kappa shape index (κ2) is 8.41. The van der Waals surface area contributed by atoms with Crippen LogP contribution >= 0.6 is 0 Å². The van der Waals surface area contributed by atoms with Gasteiger partial charge in [0.2, 0.25) is 5.88 Å². The van der Waals surface area contributed by atoms with Gasteiger partial charge < -0.3 is 10.1 Å². The molecule has 1 N–H and O–H groups in total. The first-order valence-electron chi connectivity index (χ1n) is 8.95. The van der Waals surface area contributed by atoms with Gasteiger partial charge in [-0.05, 0) is 30.3 Å². The van der Waals surface area contributed by atoms with E-state index in [0.29, 0.717) is 4.68 Å². The Morgan fingerprint density at radius 1 is 1.06 bits per heavy atom. The van der Waals surface area contributed by atoms with Crippen LogP contribution in [0.2, 0.25) is 0 Å². The molecule has 0 bridgehead atoms. The van der Waals surface area contributed by atoms with E-state index >= 15 is 0 Å². The Bertz CT molecular complexity index is 1260. The van der Waals surface area contributed by atoms with Crippen molar-refractivity contribution in [3.8, 4) is 17.3 Å². The van der Waals surface area contributed by atoms with Gasteiger partial charge in [-0.3, -0.25) is 9.78 Å². The van der Waals surface area contributed by atoms with Crippen molar-refractivity contribution in [1.82, 2.24) is 25.0 Å². The molecule has 0 aliphatic carbocycles. The second-order valence-electron chi connectivity index (χ2n) is 6.30. The zero-order valence-corrected chi connectivity index (χ0v) is 15.9. The minimum absolute atomic E-state index is 0.143. The Morgan fingerprint density at radius 2 is 1.88 bits per heavy atom. The molecule has 0 fully saturated rings. The van der Waals surface area contributed by atoms with Crippen molar-refractivity contribution in [1.29, 1.82) is 0 Å². The number of carbonyl (C=O) groups is 1. The van der Waals surface area contributed by atoms with Gasteiger partial charge in [0.15, 0.2) is 11.4 Å². The summed E-state index contributed by atoms with van der Waals surface area (Å²) in [7, 11) is 0. The maximum atomic E-state index is 13.7. The molecule has 0 aliphatic rings. The third-order valence-electron chi connectivity index (χ3n) is 4.06. The average Bonchev–Trinajstić information content (AvgIpc) is 3.21. The summed E-state index contributed by atoms with van der Waals surface area (Å²) in [5, 5.41) is 9.12. The van der Waals surface area contributed by atoms with E-state index in [4.69, 9.17) is 4.74 Å². The van der Waals surface area contributed by atoms with Crippen molar-refractivity contribution in [2.45, 2.75) is 6.18 Å². The van der Waals surface area contributed by atoms with Crippen LogP contribution in [0.5, 0.6) is 11.6 Å². The summed E-state index contributed by atoms with van der Waals surface area (Å²) in [6.07, 6.45) is -0.745. The van der Waals surface area contributed by atoms with Gasteiger partial charge in [0.1, 0.15) is 11.6 Å². The maximum absolute atomic E-state index is 13.7. The topological polar surface area (TPSA) is 94.8 Å². The predicted molar refractivity (Wildman–Crippen MR) is 103 cm³/mol. The first-order chi connectivity index (χ1) is 15.3. The molecule has 0 spiro atoms. The smallest absolute Gasteiger partial charge is 0.435 e. The van der Waals surface area contributed by atoms with E-state index in [9.17, 15) is 22.4 Å². The highest BCUT2D eigenvalue weighted by Crippen LogP contribution is 2.33. The molecule has 8 nitrogen and oxygen atoms in total. The molecular formula is C20H12F4N6O2. The summed E-state index contributed by atoms with van der Waals surface area (Å²) in [4.78, 5) is 20.4. The van der Waals surface area contributed by atoms with Gasteiger partial charge in [-0.15, -0.1) is 5.10 Å². The van der Waals surface area contributed by atoms with E-state index in [0.717, 1.165) is 12.1 Å². The maximum Gasteiger partial charge on any atom is 0.435 e. The standard InChI is InChI=1S/C20H12F4N6O2/c21-12-3-1-5-14(9-12)30-18(20(22,23)24)17(28-29-30)19(31)27-13-4-2-6-15(10-13)32-16-11-25-7-8-26-16/h1-11H,(H,27,31). The van der Waals surface area contributed by atoms with Crippen LogP contribution in [0.3, 0.4) is 0 Å². The first-order valence-corrected chi connectivity index (χ1v) is 8.95. The lowest BCUT2D eigenvalue weighted by atomic mass is 10.2. The van der Waals surface area contributed by atoms with Crippen molar-refractivity contribution in [2.24, 2.45) is 0 Å². The molecule has 12 heteroatoms. The lowest BCUT2D eigenvalue weighted by Gasteiger charge is -2.12. The molecule has 4 aromatic rings. The summed E-state index contributed by atoms with van der Waals surface area (Å²) in [5.74, 6) is -1.47. The van der Waals surface area contributed by atoms with E-state index in [-0.39, 0.29) is 23.0 Å². The fourth-order valence-electron chi connectivity index (χ4n) is 2.76. The molecule has 32 heavy (non-hydrogen) atoms. The van der Waals surface area contributed by atoms with E-state index in [2.05, 4.69) is 25.6 Å². The normalized spacial score (nSPS) is 11.2. The summed E-state index contributed by atoms with van der Waals surface area (Å²) >= 11 is 0. The van der Waals surface area contributed by atoms with Crippen LogP contribution in [0.15, 0.2) is 67.1 Å². The van der Waals surface area contributed by atoms with Gasteiger partial charge in [0.25, 0.3) is 5.91 Å². The molecule has 0 unspecified atom stereocenters. The van der Waals surface area contributed by atoms with Crippen molar-refractivity contribution in [3.05, 3.63) is 84.3 Å². The van der Waals surface area contributed by atoms with Gasteiger partial charge in [-0.1, -0.05) is 17.3 Å². The Hall–Kier alpha value is -4.35. The van der Waals surface area contributed by atoms with Gasteiger partial charge in [0, 0.05) is 24.1 Å². The second-order valence-corrected chi connectivity index (χ2v) is 6.30. The number of benzene rings is 2. The number of nitrogens with one attached hydrogen (secondary N) is 1. The zero-order valence-electron chi connectivity index (χ0n) is 15.9. The molecule has 0 atom stereocenters. The van der Waals surface area contributed by atoms with Gasteiger partial charge in [0.05, 0.1) is 11.9 Å². The van der Waals surface area contributed by atoms with Crippen LogP contribution in [0.4, 0.5) is 23.2 Å². The predicted octanol–water partition coefficient (Wildman–Crippen LogP) is 4.26. The molecule has 2 aromatic heterocycles. The molecule has 162 valence electrons. The van der Waals surface area contributed by atoms with E-state index < -0.39 is 29.3 Å². The molecular weight excluding hydrogens is 432 g/mol. The summed E-state index contributed by atoms with van der Waals surface area (Å²) in [5.41, 5.74) is -2.50. The number of aromatic nitrogens is 5. The largest absolute Gasteiger partial charge is 0.437 e. The van der Waals surface area contributed by atoms with Crippen molar-refractivity contribution >= 4 is 11.6 Å². The minimum Gasteiger partial charge on any atom is -0.437 e. The Kier molecular flexibility index (Phi) is 5.50. The summed E-state index contributed by atoms with van der Waals surface area (Å²) in [6, 6.07) is 10.3. The number of amides is 1. The highest BCUT2D eigenvalue weighted by atomic mass is 19.4. The monoisotopic (exact) mass is 444 g/mol. The fourth-order valence-corrected chi connectivity index (χ4v) is 2.76. The number of hydrogen-bond donors (Lipinski definition) is 1. The Morgan fingerprint density at radius 3 is 2.59 bits per heavy atom. The number of anilines is 1. The summed E-state index contributed by atoms with van der Waals surface area (Å²) < 4.78 is 60.5. The fraction of sp³-hybridized carbons (Fsp3) is 0.0500. The van der Waals surface area contributed by atoms with Crippen LogP contribution < -0.4 is 10.1 Å². The summed E-state index contributed by atoms with van der Waals surface area (Å²) in [6.45, 7) is 0. The first kappa shape index (κ1) is 20.9. The van der Waals surface area contributed by atoms with Crippen molar-refractivity contribution < 1.29 is 27.1 Å². The van der Waals surface area contributed by atoms with Crippen LogP contribution in [0.25, 0.3) is 5.69 Å². The third kappa shape index (κ3) is 4.53. The third-order valence-corrected chi connectivity index (χ3v) is 4.06. The Balaban J connectivity index is 1.62. The number of nitrogens with zero attached hydrogens (tertiary/aromatic N) is 5. The zero-order chi connectivity index (χ0) is 22.7. The number of ether oxygens (including phenoxy) is 1. The molecule has 0 saturated carbocycles. The molecule has 1 amide bonds. The Labute approximate surface area is 177 Å². The molecule has 0 saturated heterocycles. The number of hydrogen-bond acceptors (Lipinski definition) is 6. The number of carbonyl (C=O) groups excluding carboxylic acids is 1. The van der Waals surface area contributed by atoms with Gasteiger partial charge >= 0.3 is 6.18 Å². The van der Waals surface area contributed by atoms with Gasteiger partial charge in [-0.25, -0.2) is 14.1 Å². The number of alkyl halides is 3. The van der Waals surface area contributed by atoms with E-state index in [1.807, 2.05) is 0 Å². The van der Waals surface area contributed by atoms with Crippen molar-refractivity contribution in [3.63, 3.8) is 0 Å². The van der Waals surface area contributed by atoms with Crippen molar-refractivity contribution in [2.75, 3.05) is 5.32 Å².